The molecule has 1 heterocycles. The number of nitrogens with one attached hydrogen (secondary N) is 2. The van der Waals surface area contributed by atoms with Crippen LogP contribution in [0.25, 0.3) is 0 Å². The Balaban J connectivity index is 2.40. The van der Waals surface area contributed by atoms with Crippen LogP contribution in [0.1, 0.15) is 5.82 Å². The second-order valence-corrected chi connectivity index (χ2v) is 3.02. The fraction of sp³-hybridized carbons (Fsp3) is 0.286. The maximum absolute atomic E-state index is 11.0. The minimum absolute atomic E-state index is 0.295. The number of rotatable bonds is 3. The normalized spacial score (nSPS) is 9.31. The van der Waals surface area contributed by atoms with E-state index in [1.54, 1.807) is 13.0 Å². The van der Waals surface area contributed by atoms with Crippen LogP contribution in [0.5, 0.6) is 0 Å². The molecule has 0 unspecified atom stereocenters. The molecule has 0 fully saturated rings. The highest BCUT2D eigenvalue weighted by Gasteiger charge is 2.03. The van der Waals surface area contributed by atoms with Crippen LogP contribution in [0, 0.1) is 6.92 Å². The maximum Gasteiger partial charge on any atom is 0.321 e. The average Bonchev–Trinajstić information content (AvgIpc) is 2.48. The van der Waals surface area contributed by atoms with Crippen LogP contribution in [0.2, 0.25) is 0 Å². The first-order chi connectivity index (χ1) is 6.22. The third-order valence-electron chi connectivity index (χ3n) is 1.15. The molecule has 0 aliphatic rings. The van der Waals surface area contributed by atoms with E-state index in [0.29, 0.717) is 17.5 Å². The second-order valence-electron chi connectivity index (χ2n) is 2.27. The van der Waals surface area contributed by atoms with Gasteiger partial charge in [0, 0.05) is 18.1 Å². The van der Waals surface area contributed by atoms with Crippen LogP contribution in [-0.2, 0) is 0 Å². The van der Waals surface area contributed by atoms with E-state index < -0.39 is 0 Å². The Morgan fingerprint density at radius 1 is 1.77 bits per heavy atom. The van der Waals surface area contributed by atoms with Crippen LogP contribution in [-0.4, -0.2) is 21.9 Å². The van der Waals surface area contributed by atoms with Gasteiger partial charge in [-0.15, -0.1) is 6.58 Å². The van der Waals surface area contributed by atoms with Crippen molar-refractivity contribution in [3.8, 4) is 0 Å². The highest BCUT2D eigenvalue weighted by atomic mass is 32.1. The predicted octanol–water partition coefficient (Wildman–Crippen LogP) is 1.15. The lowest BCUT2D eigenvalue weighted by Crippen LogP contribution is -2.28. The molecule has 1 aromatic rings. The molecule has 13 heavy (non-hydrogen) atoms. The first kappa shape index (κ1) is 9.66. The van der Waals surface area contributed by atoms with Crippen molar-refractivity contribution in [2.75, 3.05) is 11.9 Å². The van der Waals surface area contributed by atoms with Crippen LogP contribution in [0.3, 0.4) is 0 Å². The van der Waals surface area contributed by atoms with Gasteiger partial charge in [0.2, 0.25) is 5.13 Å². The van der Waals surface area contributed by atoms with E-state index in [1.165, 1.54) is 0 Å². The van der Waals surface area contributed by atoms with Gasteiger partial charge in [0.1, 0.15) is 5.82 Å². The summed E-state index contributed by atoms with van der Waals surface area (Å²) in [5.41, 5.74) is 0. The van der Waals surface area contributed by atoms with E-state index in [1.807, 2.05) is 0 Å². The van der Waals surface area contributed by atoms with E-state index in [2.05, 4.69) is 26.6 Å². The van der Waals surface area contributed by atoms with Gasteiger partial charge in [-0.2, -0.15) is 4.37 Å². The van der Waals surface area contributed by atoms with Gasteiger partial charge in [0.25, 0.3) is 0 Å². The molecule has 0 saturated heterocycles. The second kappa shape index (κ2) is 4.56. The summed E-state index contributed by atoms with van der Waals surface area (Å²) in [4.78, 5) is 15.0. The summed E-state index contributed by atoms with van der Waals surface area (Å²) in [5, 5.41) is 5.60. The largest absolute Gasteiger partial charge is 0.334 e. The molecule has 0 aromatic carbocycles. The lowest BCUT2D eigenvalue weighted by molar-refractivity contribution is 0.253. The smallest absolute Gasteiger partial charge is 0.321 e. The first-order valence-corrected chi connectivity index (χ1v) is 4.46. The third kappa shape index (κ3) is 3.20. The van der Waals surface area contributed by atoms with Crippen molar-refractivity contribution in [3.05, 3.63) is 18.5 Å². The van der Waals surface area contributed by atoms with Crippen molar-refractivity contribution in [2.24, 2.45) is 0 Å². The molecule has 0 atom stereocenters. The minimum Gasteiger partial charge on any atom is -0.334 e. The molecule has 0 radical (unpaired) electrons. The summed E-state index contributed by atoms with van der Waals surface area (Å²) in [7, 11) is 0. The molecule has 1 aromatic heterocycles. The molecule has 6 heteroatoms. The fourth-order valence-corrected chi connectivity index (χ4v) is 1.22. The number of hydrogen-bond donors (Lipinski definition) is 2. The van der Waals surface area contributed by atoms with Gasteiger partial charge in [-0.05, 0) is 6.92 Å². The standard InChI is InChI=1S/C7H10N4OS/c1-3-4-8-6(12)10-7-9-5(2)11-13-7/h3H,1,4H2,2H3,(H2,8,9,10,11,12). The summed E-state index contributed by atoms with van der Waals surface area (Å²) in [6, 6.07) is -0.295. The molecule has 5 nitrogen and oxygen atoms in total. The van der Waals surface area contributed by atoms with E-state index in [0.717, 1.165) is 11.5 Å². The Kier molecular flexibility index (Phi) is 3.39. The molecule has 2 N–H and O–H groups in total. The number of nitrogens with zero attached hydrogens (tertiary/aromatic N) is 2. The zero-order valence-corrected chi connectivity index (χ0v) is 8.02. The van der Waals surface area contributed by atoms with E-state index in [9.17, 15) is 4.79 Å². The lowest BCUT2D eigenvalue weighted by atomic mass is 10.6. The van der Waals surface area contributed by atoms with Crippen molar-refractivity contribution in [1.29, 1.82) is 0 Å². The Hall–Kier alpha value is -1.43. The van der Waals surface area contributed by atoms with Crippen molar-refractivity contribution in [3.63, 3.8) is 0 Å². The van der Waals surface area contributed by atoms with Gasteiger partial charge in [0.15, 0.2) is 0 Å². The van der Waals surface area contributed by atoms with Gasteiger partial charge >= 0.3 is 6.03 Å². The topological polar surface area (TPSA) is 66.9 Å². The van der Waals surface area contributed by atoms with Crippen LogP contribution < -0.4 is 10.6 Å². The molecule has 0 aliphatic heterocycles. The van der Waals surface area contributed by atoms with E-state index in [4.69, 9.17) is 0 Å². The Morgan fingerprint density at radius 3 is 3.08 bits per heavy atom. The first-order valence-electron chi connectivity index (χ1n) is 3.68. The van der Waals surface area contributed by atoms with Crippen molar-refractivity contribution in [1.82, 2.24) is 14.7 Å². The van der Waals surface area contributed by atoms with Gasteiger partial charge in [0.05, 0.1) is 0 Å². The number of aryl methyl sites for hydroxylation is 1. The number of amides is 2. The lowest BCUT2D eigenvalue weighted by Gasteiger charge is -2.00. The van der Waals surface area contributed by atoms with E-state index >= 15 is 0 Å². The Labute approximate surface area is 80.0 Å². The highest BCUT2D eigenvalue weighted by Crippen LogP contribution is 2.09. The van der Waals surface area contributed by atoms with Gasteiger partial charge in [-0.3, -0.25) is 5.32 Å². The van der Waals surface area contributed by atoms with Crippen LogP contribution >= 0.6 is 11.5 Å². The van der Waals surface area contributed by atoms with Crippen molar-refractivity contribution < 1.29 is 4.79 Å². The molecule has 0 spiro atoms. The summed E-state index contributed by atoms with van der Waals surface area (Å²) in [6.07, 6.45) is 1.60. The van der Waals surface area contributed by atoms with Gasteiger partial charge in [-0.25, -0.2) is 9.78 Å². The number of anilines is 1. The molecule has 0 bridgehead atoms. The average molecular weight is 198 g/mol. The van der Waals surface area contributed by atoms with Gasteiger partial charge in [-0.1, -0.05) is 6.08 Å². The molecule has 2 amide bonds. The molecular formula is C7H10N4OS. The molecule has 0 aliphatic carbocycles. The maximum atomic E-state index is 11.0. The van der Waals surface area contributed by atoms with Crippen molar-refractivity contribution >= 4 is 22.7 Å². The third-order valence-corrected chi connectivity index (χ3v) is 1.88. The number of carbonyl (C=O) groups excluding carboxylic acids is 1. The number of urea groups is 1. The summed E-state index contributed by atoms with van der Waals surface area (Å²) < 4.78 is 3.92. The Morgan fingerprint density at radius 2 is 2.54 bits per heavy atom. The van der Waals surface area contributed by atoms with Gasteiger partial charge < -0.3 is 5.32 Å². The number of hydrogen-bond acceptors (Lipinski definition) is 4. The highest BCUT2D eigenvalue weighted by molar-refractivity contribution is 7.09. The molecular weight excluding hydrogens is 188 g/mol. The molecule has 70 valence electrons. The SMILES string of the molecule is C=CCNC(=O)Nc1nc(C)ns1. The minimum atomic E-state index is -0.295. The number of carbonyl (C=O) groups is 1. The molecule has 0 saturated carbocycles. The Bertz CT molecular complexity index is 309. The quantitative estimate of drug-likeness (QED) is 0.716. The van der Waals surface area contributed by atoms with E-state index in [-0.39, 0.29) is 6.03 Å². The van der Waals surface area contributed by atoms with Crippen molar-refractivity contribution in [2.45, 2.75) is 6.92 Å². The monoisotopic (exact) mass is 198 g/mol. The predicted molar refractivity (Wildman–Crippen MR) is 51.9 cm³/mol. The zero-order chi connectivity index (χ0) is 9.68. The van der Waals surface area contributed by atoms with Crippen LogP contribution in [0.15, 0.2) is 12.7 Å². The van der Waals surface area contributed by atoms with Crippen LogP contribution in [0.4, 0.5) is 9.93 Å². The molecule has 1 rings (SSSR count). The zero-order valence-electron chi connectivity index (χ0n) is 7.20. The number of aromatic nitrogens is 2. The summed E-state index contributed by atoms with van der Waals surface area (Å²) in [6.45, 7) is 5.68. The summed E-state index contributed by atoms with van der Waals surface area (Å²) >= 11 is 1.15. The summed E-state index contributed by atoms with van der Waals surface area (Å²) in [5.74, 6) is 0.657. The fourth-order valence-electron chi connectivity index (χ4n) is 0.654.